The van der Waals surface area contributed by atoms with Crippen LogP contribution in [0.15, 0.2) is 46.9 Å². The maximum Gasteiger partial charge on any atom is 0.133 e. The van der Waals surface area contributed by atoms with Crippen LogP contribution in [-0.4, -0.2) is 7.11 Å². The summed E-state index contributed by atoms with van der Waals surface area (Å²) in [5.41, 5.74) is 2.24. The molecule has 17 heavy (non-hydrogen) atoms. The van der Waals surface area contributed by atoms with Crippen LogP contribution >= 0.6 is 15.9 Å². The molecule has 2 aromatic rings. The van der Waals surface area contributed by atoms with Crippen LogP contribution in [0, 0.1) is 5.82 Å². The molecule has 0 heterocycles. The van der Waals surface area contributed by atoms with Gasteiger partial charge in [0.25, 0.3) is 0 Å². The molecule has 1 nitrogen and oxygen atoms in total. The molecule has 0 aromatic heterocycles. The summed E-state index contributed by atoms with van der Waals surface area (Å²) in [6.07, 6.45) is 0.781. The van der Waals surface area contributed by atoms with Crippen LogP contribution in [-0.2, 0) is 6.42 Å². The van der Waals surface area contributed by atoms with E-state index < -0.39 is 0 Å². The molecule has 0 saturated heterocycles. The van der Waals surface area contributed by atoms with Crippen molar-refractivity contribution >= 4 is 15.9 Å². The lowest BCUT2D eigenvalue weighted by atomic mass is 10.1. The fraction of sp³-hybridized carbons (Fsp3) is 0.143. The maximum atomic E-state index is 12.8. The van der Waals surface area contributed by atoms with E-state index in [1.165, 1.54) is 12.1 Å². The van der Waals surface area contributed by atoms with Crippen LogP contribution in [0.25, 0.3) is 0 Å². The summed E-state index contributed by atoms with van der Waals surface area (Å²) in [6, 6.07) is 12.5. The van der Waals surface area contributed by atoms with Gasteiger partial charge in [-0.05, 0) is 57.7 Å². The van der Waals surface area contributed by atoms with Gasteiger partial charge >= 0.3 is 0 Å². The van der Waals surface area contributed by atoms with Gasteiger partial charge in [0.1, 0.15) is 11.6 Å². The van der Waals surface area contributed by atoms with Gasteiger partial charge in [0.05, 0.1) is 11.6 Å². The normalized spacial score (nSPS) is 10.3. The van der Waals surface area contributed by atoms with Gasteiger partial charge in [-0.2, -0.15) is 0 Å². The number of rotatable bonds is 3. The average Bonchev–Trinajstić information content (AvgIpc) is 2.32. The summed E-state index contributed by atoms with van der Waals surface area (Å²) < 4.78 is 18.9. The van der Waals surface area contributed by atoms with Crippen molar-refractivity contribution in [3.63, 3.8) is 0 Å². The zero-order chi connectivity index (χ0) is 12.3. The fourth-order valence-corrected chi connectivity index (χ4v) is 2.25. The van der Waals surface area contributed by atoms with E-state index in [2.05, 4.69) is 15.9 Å². The van der Waals surface area contributed by atoms with Crippen LogP contribution in [0.1, 0.15) is 11.1 Å². The first-order valence-corrected chi connectivity index (χ1v) is 6.05. The predicted octanol–water partition coefficient (Wildman–Crippen LogP) is 4.19. The van der Waals surface area contributed by atoms with Crippen LogP contribution < -0.4 is 4.74 Å². The lowest BCUT2D eigenvalue weighted by Gasteiger charge is -2.06. The van der Waals surface area contributed by atoms with E-state index in [9.17, 15) is 4.39 Å². The summed E-state index contributed by atoms with van der Waals surface area (Å²) in [6.45, 7) is 0. The lowest BCUT2D eigenvalue weighted by molar-refractivity contribution is 0.412. The first kappa shape index (κ1) is 12.1. The van der Waals surface area contributed by atoms with Crippen LogP contribution in [0.4, 0.5) is 4.39 Å². The zero-order valence-electron chi connectivity index (χ0n) is 9.41. The van der Waals surface area contributed by atoms with Crippen molar-refractivity contribution in [1.29, 1.82) is 0 Å². The molecule has 88 valence electrons. The van der Waals surface area contributed by atoms with Gasteiger partial charge in [0.2, 0.25) is 0 Å². The van der Waals surface area contributed by atoms with Gasteiger partial charge < -0.3 is 4.74 Å². The second-order valence-electron chi connectivity index (χ2n) is 3.77. The molecule has 0 aliphatic heterocycles. The Morgan fingerprint density at radius 3 is 2.29 bits per heavy atom. The monoisotopic (exact) mass is 294 g/mol. The van der Waals surface area contributed by atoms with Gasteiger partial charge in [-0.25, -0.2) is 4.39 Å². The highest BCUT2D eigenvalue weighted by molar-refractivity contribution is 9.10. The van der Waals surface area contributed by atoms with E-state index in [4.69, 9.17) is 4.74 Å². The molecule has 3 heteroatoms. The molecule has 2 rings (SSSR count). The molecule has 0 aliphatic carbocycles. The Bertz CT molecular complexity index is 508. The lowest BCUT2D eigenvalue weighted by Crippen LogP contribution is -1.90. The van der Waals surface area contributed by atoms with Crippen molar-refractivity contribution in [3.05, 3.63) is 63.9 Å². The minimum atomic E-state index is -0.204. The number of hydrogen-bond donors (Lipinski definition) is 0. The molecule has 0 spiro atoms. The minimum absolute atomic E-state index is 0.204. The Labute approximate surface area is 108 Å². The van der Waals surface area contributed by atoms with Gasteiger partial charge in [-0.3, -0.25) is 0 Å². The predicted molar refractivity (Wildman–Crippen MR) is 69.9 cm³/mol. The Balaban J connectivity index is 2.19. The molecule has 0 amide bonds. The summed E-state index contributed by atoms with van der Waals surface area (Å²) >= 11 is 3.45. The topological polar surface area (TPSA) is 9.23 Å². The fourth-order valence-electron chi connectivity index (χ4n) is 1.66. The Hall–Kier alpha value is -1.35. The highest BCUT2D eigenvalue weighted by Crippen LogP contribution is 2.26. The molecule has 2 aromatic carbocycles. The molecule has 0 fully saturated rings. The van der Waals surface area contributed by atoms with Crippen molar-refractivity contribution in [2.75, 3.05) is 7.11 Å². The molecular formula is C14H12BrFO. The number of methoxy groups -OCH3 is 1. The van der Waals surface area contributed by atoms with Crippen LogP contribution in [0.5, 0.6) is 5.75 Å². The van der Waals surface area contributed by atoms with Crippen molar-refractivity contribution in [2.24, 2.45) is 0 Å². The number of hydrogen-bond acceptors (Lipinski definition) is 1. The third-order valence-electron chi connectivity index (χ3n) is 2.54. The van der Waals surface area contributed by atoms with E-state index in [-0.39, 0.29) is 5.82 Å². The summed E-state index contributed by atoms with van der Waals surface area (Å²) in [5, 5.41) is 0. The van der Waals surface area contributed by atoms with Gasteiger partial charge in [0.15, 0.2) is 0 Å². The van der Waals surface area contributed by atoms with Gasteiger partial charge in [0, 0.05) is 0 Å². The third kappa shape index (κ3) is 3.07. The first-order chi connectivity index (χ1) is 8.19. The van der Waals surface area contributed by atoms with Crippen molar-refractivity contribution < 1.29 is 9.13 Å². The van der Waals surface area contributed by atoms with E-state index in [0.29, 0.717) is 0 Å². The molecule has 0 N–H and O–H groups in total. The molecule has 0 unspecified atom stereocenters. The van der Waals surface area contributed by atoms with E-state index in [1.54, 1.807) is 19.2 Å². The Morgan fingerprint density at radius 1 is 1.06 bits per heavy atom. The zero-order valence-corrected chi connectivity index (χ0v) is 11.0. The number of ether oxygens (including phenoxy) is 1. The number of benzene rings is 2. The van der Waals surface area contributed by atoms with Crippen molar-refractivity contribution in [3.8, 4) is 5.75 Å². The van der Waals surface area contributed by atoms with Crippen molar-refractivity contribution in [2.45, 2.75) is 6.42 Å². The minimum Gasteiger partial charge on any atom is -0.496 e. The average molecular weight is 295 g/mol. The molecule has 0 radical (unpaired) electrons. The van der Waals surface area contributed by atoms with E-state index in [0.717, 1.165) is 27.8 Å². The molecule has 0 bridgehead atoms. The first-order valence-electron chi connectivity index (χ1n) is 5.26. The highest BCUT2D eigenvalue weighted by atomic mass is 79.9. The summed E-state index contributed by atoms with van der Waals surface area (Å²) in [7, 11) is 1.64. The van der Waals surface area contributed by atoms with Gasteiger partial charge in [-0.15, -0.1) is 0 Å². The molecular weight excluding hydrogens is 283 g/mol. The Kier molecular flexibility index (Phi) is 3.79. The smallest absolute Gasteiger partial charge is 0.133 e. The third-order valence-corrected chi connectivity index (χ3v) is 3.16. The summed E-state index contributed by atoms with van der Waals surface area (Å²) in [5.74, 6) is 0.609. The van der Waals surface area contributed by atoms with E-state index in [1.807, 2.05) is 18.2 Å². The molecule has 0 saturated carbocycles. The Morgan fingerprint density at radius 2 is 1.71 bits per heavy atom. The van der Waals surface area contributed by atoms with Crippen LogP contribution in [0.2, 0.25) is 0 Å². The van der Waals surface area contributed by atoms with Crippen molar-refractivity contribution in [1.82, 2.24) is 0 Å². The highest BCUT2D eigenvalue weighted by Gasteiger charge is 2.02. The number of halogens is 2. The van der Waals surface area contributed by atoms with Gasteiger partial charge in [-0.1, -0.05) is 18.2 Å². The molecule has 0 atom stereocenters. The van der Waals surface area contributed by atoms with Crippen LogP contribution in [0.3, 0.4) is 0 Å². The molecule has 0 aliphatic rings. The SMILES string of the molecule is COc1ccc(Cc2ccc(F)cc2)cc1Br. The maximum absolute atomic E-state index is 12.8. The standard InChI is InChI=1S/C14H12BrFO/c1-17-14-7-4-11(9-13(14)15)8-10-2-5-12(16)6-3-10/h2-7,9H,8H2,1H3. The second-order valence-corrected chi connectivity index (χ2v) is 4.63. The summed E-state index contributed by atoms with van der Waals surface area (Å²) in [4.78, 5) is 0. The van der Waals surface area contributed by atoms with E-state index >= 15 is 0 Å². The largest absolute Gasteiger partial charge is 0.496 e. The quantitative estimate of drug-likeness (QED) is 0.825. The second kappa shape index (κ2) is 5.32.